The van der Waals surface area contributed by atoms with Gasteiger partial charge in [0, 0.05) is 19.3 Å². The van der Waals surface area contributed by atoms with E-state index in [9.17, 15) is 24.3 Å². The summed E-state index contributed by atoms with van der Waals surface area (Å²) < 4.78 is 22.7. The number of hydrogen-bond acceptors (Lipinski definition) is 8. The van der Waals surface area contributed by atoms with Crippen molar-refractivity contribution < 1.29 is 43.2 Å². The predicted octanol–water partition coefficient (Wildman–Crippen LogP) is 3.02. The Morgan fingerprint density at radius 3 is 1.58 bits per heavy atom. The van der Waals surface area contributed by atoms with Crippen molar-refractivity contribution >= 4 is 23.9 Å². The highest BCUT2D eigenvalue weighted by atomic mass is 16.6. The number of carboxylic acid groups (broad SMARTS) is 1. The summed E-state index contributed by atoms with van der Waals surface area (Å²) in [6.07, 6.45) is -2.99. The maximum Gasteiger partial charge on any atom is 0.309 e. The normalized spacial score (nSPS) is 26.5. The molecule has 0 spiro atoms. The van der Waals surface area contributed by atoms with E-state index >= 15 is 0 Å². The summed E-state index contributed by atoms with van der Waals surface area (Å²) >= 11 is 0. The zero-order valence-electron chi connectivity index (χ0n) is 19.1. The maximum absolute atomic E-state index is 12.4. The minimum atomic E-state index is -1.21. The standard InChI is InChI=1S/C22H36O9/c1-6-10-15(23)29-18-13(5)28-19(14(9-4)22(26)27)21(31-17(25)12-8-3)20(18)30-16(24)11-7-2/h13-14,18-21H,6-12H2,1-5H3,(H,26,27)/t13-,14-,18-,19?,20+,21+/m0/s1. The van der Waals surface area contributed by atoms with Crippen LogP contribution in [0.15, 0.2) is 0 Å². The van der Waals surface area contributed by atoms with Crippen molar-refractivity contribution in [2.75, 3.05) is 0 Å². The van der Waals surface area contributed by atoms with Crippen LogP contribution in [-0.4, -0.2) is 59.5 Å². The SMILES string of the molecule is CCCC(=O)O[C@@H]1[C@@H](OC(=O)CCC)[C@H](OC(=O)CCC)C([C@H](CC)C(=O)O)O[C@H]1C. The van der Waals surface area contributed by atoms with Gasteiger partial charge < -0.3 is 24.1 Å². The number of rotatable bonds is 12. The molecule has 0 radical (unpaired) electrons. The minimum Gasteiger partial charge on any atom is -0.481 e. The maximum atomic E-state index is 12.4. The lowest BCUT2D eigenvalue weighted by atomic mass is 9.86. The fraction of sp³-hybridized carbons (Fsp3) is 0.818. The number of carbonyl (C=O) groups excluding carboxylic acids is 3. The lowest BCUT2D eigenvalue weighted by Gasteiger charge is -2.45. The average Bonchev–Trinajstić information content (AvgIpc) is 2.68. The van der Waals surface area contributed by atoms with Gasteiger partial charge in [-0.15, -0.1) is 0 Å². The molecule has 9 heteroatoms. The fourth-order valence-electron chi connectivity index (χ4n) is 3.59. The summed E-state index contributed by atoms with van der Waals surface area (Å²) in [7, 11) is 0. The average molecular weight is 445 g/mol. The molecule has 1 heterocycles. The molecule has 0 aromatic rings. The second kappa shape index (κ2) is 13.3. The molecule has 0 amide bonds. The molecule has 31 heavy (non-hydrogen) atoms. The van der Waals surface area contributed by atoms with Crippen molar-refractivity contribution in [2.45, 2.75) is 110 Å². The topological polar surface area (TPSA) is 125 Å². The Morgan fingerprint density at radius 1 is 0.774 bits per heavy atom. The van der Waals surface area contributed by atoms with Crippen LogP contribution in [0.25, 0.3) is 0 Å². The van der Waals surface area contributed by atoms with Crippen LogP contribution < -0.4 is 0 Å². The molecule has 1 aliphatic heterocycles. The van der Waals surface area contributed by atoms with Crippen molar-refractivity contribution in [3.63, 3.8) is 0 Å². The van der Waals surface area contributed by atoms with E-state index in [1.165, 1.54) is 0 Å². The molecular weight excluding hydrogens is 408 g/mol. The van der Waals surface area contributed by atoms with E-state index in [0.29, 0.717) is 19.3 Å². The van der Waals surface area contributed by atoms with Crippen LogP contribution in [0.5, 0.6) is 0 Å². The highest BCUT2D eigenvalue weighted by Crippen LogP contribution is 2.34. The van der Waals surface area contributed by atoms with Crippen molar-refractivity contribution in [2.24, 2.45) is 5.92 Å². The lowest BCUT2D eigenvalue weighted by Crippen LogP contribution is -2.63. The van der Waals surface area contributed by atoms with Gasteiger partial charge in [0.15, 0.2) is 18.3 Å². The summed E-state index contributed by atoms with van der Waals surface area (Å²) in [5, 5.41) is 9.69. The first kappa shape index (κ1) is 26.9. The number of aliphatic carboxylic acids is 1. The molecule has 9 nitrogen and oxygen atoms in total. The number of carbonyl (C=O) groups is 4. The van der Waals surface area contributed by atoms with Crippen LogP contribution in [-0.2, 0) is 38.1 Å². The molecule has 0 saturated carbocycles. The first-order chi connectivity index (χ1) is 14.7. The van der Waals surface area contributed by atoms with E-state index in [1.807, 2.05) is 13.8 Å². The van der Waals surface area contributed by atoms with Crippen LogP contribution >= 0.6 is 0 Å². The molecule has 0 aromatic carbocycles. The Bertz CT molecular complexity index is 618. The molecule has 178 valence electrons. The Balaban J connectivity index is 3.37. The first-order valence-corrected chi connectivity index (χ1v) is 11.2. The zero-order chi connectivity index (χ0) is 23.6. The van der Waals surface area contributed by atoms with Gasteiger partial charge in [-0.1, -0.05) is 27.7 Å². The van der Waals surface area contributed by atoms with Crippen LogP contribution in [0.4, 0.5) is 0 Å². The monoisotopic (exact) mass is 444 g/mol. The van der Waals surface area contributed by atoms with E-state index in [-0.39, 0.29) is 25.7 Å². The molecule has 1 aliphatic rings. The van der Waals surface area contributed by atoms with Gasteiger partial charge in [0.05, 0.1) is 12.0 Å². The van der Waals surface area contributed by atoms with Crippen molar-refractivity contribution in [3.8, 4) is 0 Å². The van der Waals surface area contributed by atoms with Crippen LogP contribution in [0.2, 0.25) is 0 Å². The van der Waals surface area contributed by atoms with E-state index in [2.05, 4.69) is 0 Å². The third kappa shape index (κ3) is 7.79. The second-order valence-electron chi connectivity index (χ2n) is 7.77. The molecule has 1 N–H and O–H groups in total. The quantitative estimate of drug-likeness (QED) is 0.357. The molecule has 0 aliphatic carbocycles. The van der Waals surface area contributed by atoms with Gasteiger partial charge in [0.2, 0.25) is 0 Å². The fourth-order valence-corrected chi connectivity index (χ4v) is 3.59. The van der Waals surface area contributed by atoms with Gasteiger partial charge in [0.25, 0.3) is 0 Å². The van der Waals surface area contributed by atoms with E-state index < -0.39 is 60.3 Å². The van der Waals surface area contributed by atoms with Gasteiger partial charge >= 0.3 is 23.9 Å². The van der Waals surface area contributed by atoms with Crippen molar-refractivity contribution in [1.29, 1.82) is 0 Å². The number of hydrogen-bond donors (Lipinski definition) is 1. The largest absolute Gasteiger partial charge is 0.481 e. The summed E-state index contributed by atoms with van der Waals surface area (Å²) in [5.41, 5.74) is 0. The Hall–Kier alpha value is -2.16. The second-order valence-corrected chi connectivity index (χ2v) is 7.77. The van der Waals surface area contributed by atoms with Crippen molar-refractivity contribution in [3.05, 3.63) is 0 Å². The summed E-state index contributed by atoms with van der Waals surface area (Å²) in [6.45, 7) is 8.74. The first-order valence-electron chi connectivity index (χ1n) is 11.2. The van der Waals surface area contributed by atoms with E-state index in [4.69, 9.17) is 18.9 Å². The third-order valence-corrected chi connectivity index (χ3v) is 5.12. The molecule has 6 atom stereocenters. The summed E-state index contributed by atoms with van der Waals surface area (Å²) in [4.78, 5) is 48.7. The number of carboxylic acids is 1. The molecule has 1 rings (SSSR count). The van der Waals surface area contributed by atoms with Gasteiger partial charge in [-0.25, -0.2) is 0 Å². The van der Waals surface area contributed by atoms with Crippen LogP contribution in [0.3, 0.4) is 0 Å². The van der Waals surface area contributed by atoms with E-state index in [0.717, 1.165) is 0 Å². The Kier molecular flexibility index (Phi) is 11.5. The summed E-state index contributed by atoms with van der Waals surface area (Å²) in [5.74, 6) is -3.72. The lowest BCUT2D eigenvalue weighted by molar-refractivity contribution is -0.254. The molecule has 0 bridgehead atoms. The zero-order valence-corrected chi connectivity index (χ0v) is 19.1. The van der Waals surface area contributed by atoms with Crippen LogP contribution in [0, 0.1) is 5.92 Å². The molecule has 0 aromatic heterocycles. The molecular formula is C22H36O9. The van der Waals surface area contributed by atoms with Gasteiger partial charge in [-0.05, 0) is 32.6 Å². The van der Waals surface area contributed by atoms with Crippen LogP contribution in [0.1, 0.15) is 79.6 Å². The van der Waals surface area contributed by atoms with Gasteiger partial charge in [-0.3, -0.25) is 19.2 Å². The van der Waals surface area contributed by atoms with Gasteiger partial charge in [0.1, 0.15) is 6.10 Å². The smallest absolute Gasteiger partial charge is 0.309 e. The minimum absolute atomic E-state index is 0.110. The third-order valence-electron chi connectivity index (χ3n) is 5.12. The Labute approximate surface area is 183 Å². The van der Waals surface area contributed by atoms with E-state index in [1.54, 1.807) is 20.8 Å². The molecule has 1 unspecified atom stereocenters. The number of esters is 3. The van der Waals surface area contributed by atoms with Gasteiger partial charge in [-0.2, -0.15) is 0 Å². The molecule has 1 fully saturated rings. The van der Waals surface area contributed by atoms with Crippen molar-refractivity contribution in [1.82, 2.24) is 0 Å². The Morgan fingerprint density at radius 2 is 1.19 bits per heavy atom. The number of ether oxygens (including phenoxy) is 4. The molecule has 1 saturated heterocycles. The summed E-state index contributed by atoms with van der Waals surface area (Å²) in [6, 6.07) is 0. The highest BCUT2D eigenvalue weighted by molar-refractivity contribution is 5.73. The highest BCUT2D eigenvalue weighted by Gasteiger charge is 2.53. The predicted molar refractivity (Wildman–Crippen MR) is 110 cm³/mol.